The highest BCUT2D eigenvalue weighted by atomic mass is 16.5. The molecule has 2 amide bonds. The van der Waals surface area contributed by atoms with Crippen LogP contribution in [0.1, 0.15) is 24.5 Å². The first-order valence-corrected chi connectivity index (χ1v) is 9.21. The lowest BCUT2D eigenvalue weighted by molar-refractivity contribution is -0.129. The Labute approximate surface area is 161 Å². The lowest BCUT2D eigenvalue weighted by atomic mass is 10.1. The van der Waals surface area contributed by atoms with Crippen molar-refractivity contribution < 1.29 is 14.3 Å². The number of nitrogens with zero attached hydrogens (tertiary/aromatic N) is 2. The summed E-state index contributed by atoms with van der Waals surface area (Å²) in [7, 11) is 3.33. The van der Waals surface area contributed by atoms with E-state index >= 15 is 0 Å². The third-order valence-electron chi connectivity index (χ3n) is 4.31. The minimum absolute atomic E-state index is 0.00916. The molecule has 2 aromatic carbocycles. The largest absolute Gasteiger partial charge is 0.375 e. The molecule has 0 saturated carbocycles. The van der Waals surface area contributed by atoms with Gasteiger partial charge in [0.2, 0.25) is 5.91 Å². The number of ether oxygens (including phenoxy) is 1. The summed E-state index contributed by atoms with van der Waals surface area (Å²) in [5.41, 5.74) is 2.69. The van der Waals surface area contributed by atoms with Crippen LogP contribution in [0, 0.1) is 0 Å². The summed E-state index contributed by atoms with van der Waals surface area (Å²) in [5, 5.41) is 0. The fourth-order valence-electron chi connectivity index (χ4n) is 2.89. The summed E-state index contributed by atoms with van der Waals surface area (Å²) in [4.78, 5) is 28.4. The van der Waals surface area contributed by atoms with Gasteiger partial charge in [-0.3, -0.25) is 9.59 Å². The monoisotopic (exact) mass is 368 g/mol. The molecule has 5 nitrogen and oxygen atoms in total. The van der Waals surface area contributed by atoms with Gasteiger partial charge in [-0.25, -0.2) is 0 Å². The number of carbonyl (C=O) groups excluding carboxylic acids is 2. The average Bonchev–Trinajstić information content (AvgIpc) is 2.67. The fraction of sp³-hybridized carbons (Fsp3) is 0.364. The summed E-state index contributed by atoms with van der Waals surface area (Å²) in [6.07, 6.45) is 1.25. The van der Waals surface area contributed by atoms with E-state index in [1.54, 1.807) is 9.80 Å². The second-order valence-corrected chi connectivity index (χ2v) is 6.56. The van der Waals surface area contributed by atoms with Crippen LogP contribution < -0.4 is 4.90 Å². The Bertz CT molecular complexity index is 746. The summed E-state index contributed by atoms with van der Waals surface area (Å²) in [6.45, 7) is 3.25. The number of benzene rings is 2. The zero-order valence-corrected chi connectivity index (χ0v) is 16.4. The number of rotatable bonds is 9. The highest BCUT2D eigenvalue weighted by molar-refractivity contribution is 5.94. The molecule has 2 rings (SSSR count). The summed E-state index contributed by atoms with van der Waals surface area (Å²) in [6, 6.07) is 17.4. The van der Waals surface area contributed by atoms with E-state index in [0.717, 1.165) is 29.8 Å². The Morgan fingerprint density at radius 1 is 0.963 bits per heavy atom. The van der Waals surface area contributed by atoms with Crippen LogP contribution in [0.25, 0.3) is 0 Å². The molecule has 0 atom stereocenters. The van der Waals surface area contributed by atoms with Gasteiger partial charge in [-0.2, -0.15) is 0 Å². The van der Waals surface area contributed by atoms with Crippen LogP contribution >= 0.6 is 0 Å². The number of amides is 2. The molecule has 0 heterocycles. The minimum atomic E-state index is -0.118. The van der Waals surface area contributed by atoms with Crippen LogP contribution in [0.5, 0.6) is 0 Å². The molecule has 0 spiro atoms. The summed E-state index contributed by atoms with van der Waals surface area (Å²) in [5.74, 6) is -0.0419. The van der Waals surface area contributed by atoms with Gasteiger partial charge in [-0.05, 0) is 29.7 Å². The summed E-state index contributed by atoms with van der Waals surface area (Å²) >= 11 is 0. The van der Waals surface area contributed by atoms with Gasteiger partial charge >= 0.3 is 0 Å². The molecular formula is C22H28N2O3. The standard InChI is InChI=1S/C22H28N2O3/c1-4-13-23(2)21(25)15-19-11-8-12-20(14-19)24(22(26)17-27-3)16-18-9-6-5-7-10-18/h5-12,14H,4,13,15-17H2,1-3H3. The van der Waals surface area contributed by atoms with Crippen LogP contribution in [-0.4, -0.2) is 44.0 Å². The van der Waals surface area contributed by atoms with E-state index in [2.05, 4.69) is 0 Å². The van der Waals surface area contributed by atoms with Crippen LogP contribution in [-0.2, 0) is 27.3 Å². The highest BCUT2D eigenvalue weighted by Gasteiger charge is 2.17. The predicted octanol–water partition coefficient (Wildman–Crippen LogP) is 3.28. The van der Waals surface area contributed by atoms with Gasteiger partial charge in [-0.1, -0.05) is 49.4 Å². The third kappa shape index (κ3) is 6.22. The molecular weight excluding hydrogens is 340 g/mol. The molecule has 0 N–H and O–H groups in total. The predicted molar refractivity (Wildman–Crippen MR) is 108 cm³/mol. The van der Waals surface area contributed by atoms with Gasteiger partial charge in [-0.15, -0.1) is 0 Å². The van der Waals surface area contributed by atoms with E-state index in [9.17, 15) is 9.59 Å². The molecule has 0 saturated heterocycles. The molecule has 0 aliphatic heterocycles. The number of anilines is 1. The highest BCUT2D eigenvalue weighted by Crippen LogP contribution is 2.20. The lowest BCUT2D eigenvalue weighted by Crippen LogP contribution is -2.33. The molecule has 0 aliphatic carbocycles. The van der Waals surface area contributed by atoms with Crippen molar-refractivity contribution in [3.05, 3.63) is 65.7 Å². The first kappa shape index (κ1) is 20.6. The maximum atomic E-state index is 12.6. The zero-order chi connectivity index (χ0) is 19.6. The van der Waals surface area contributed by atoms with Gasteiger partial charge in [0.05, 0.1) is 13.0 Å². The molecule has 27 heavy (non-hydrogen) atoms. The van der Waals surface area contributed by atoms with Crippen molar-refractivity contribution in [2.75, 3.05) is 32.2 Å². The number of hydrogen-bond acceptors (Lipinski definition) is 3. The first-order valence-electron chi connectivity index (χ1n) is 9.21. The number of carbonyl (C=O) groups is 2. The Morgan fingerprint density at radius 2 is 1.67 bits per heavy atom. The van der Waals surface area contributed by atoms with E-state index in [1.165, 1.54) is 7.11 Å². The second-order valence-electron chi connectivity index (χ2n) is 6.56. The van der Waals surface area contributed by atoms with Crippen molar-refractivity contribution in [2.24, 2.45) is 0 Å². The molecule has 144 valence electrons. The smallest absolute Gasteiger partial charge is 0.253 e. The van der Waals surface area contributed by atoms with E-state index < -0.39 is 0 Å². The van der Waals surface area contributed by atoms with Crippen LogP contribution in [0.3, 0.4) is 0 Å². The summed E-state index contributed by atoms with van der Waals surface area (Å²) < 4.78 is 5.04. The molecule has 0 aromatic heterocycles. The van der Waals surface area contributed by atoms with Gasteiger partial charge in [0.25, 0.3) is 5.91 Å². The van der Waals surface area contributed by atoms with Crippen LogP contribution in [0.2, 0.25) is 0 Å². The Morgan fingerprint density at radius 3 is 2.33 bits per heavy atom. The van der Waals surface area contributed by atoms with Crippen molar-refractivity contribution in [2.45, 2.75) is 26.3 Å². The number of likely N-dealkylation sites (N-methyl/N-ethyl adjacent to an activating group) is 1. The second kappa shape index (κ2) is 10.5. The van der Waals surface area contributed by atoms with Crippen molar-refractivity contribution in [3.8, 4) is 0 Å². The topological polar surface area (TPSA) is 49.9 Å². The lowest BCUT2D eigenvalue weighted by Gasteiger charge is -2.24. The molecule has 0 aliphatic rings. The normalized spacial score (nSPS) is 10.5. The molecule has 5 heteroatoms. The van der Waals surface area contributed by atoms with Crippen molar-refractivity contribution in [3.63, 3.8) is 0 Å². The van der Waals surface area contributed by atoms with E-state index in [0.29, 0.717) is 13.0 Å². The van der Waals surface area contributed by atoms with Gasteiger partial charge in [0, 0.05) is 26.4 Å². The number of hydrogen-bond donors (Lipinski definition) is 0. The van der Waals surface area contributed by atoms with Crippen LogP contribution in [0.4, 0.5) is 5.69 Å². The van der Waals surface area contributed by atoms with Gasteiger partial charge < -0.3 is 14.5 Å². The Balaban J connectivity index is 2.22. The van der Waals surface area contributed by atoms with Crippen molar-refractivity contribution in [1.82, 2.24) is 4.90 Å². The molecule has 0 bridgehead atoms. The fourth-order valence-corrected chi connectivity index (χ4v) is 2.89. The Kier molecular flexibility index (Phi) is 8.01. The SMILES string of the molecule is CCCN(C)C(=O)Cc1cccc(N(Cc2ccccc2)C(=O)COC)c1. The maximum absolute atomic E-state index is 12.6. The molecule has 0 unspecified atom stereocenters. The van der Waals surface area contributed by atoms with Gasteiger partial charge in [0.1, 0.15) is 6.61 Å². The van der Waals surface area contributed by atoms with E-state index in [4.69, 9.17) is 4.74 Å². The molecule has 0 radical (unpaired) electrons. The van der Waals surface area contributed by atoms with E-state index in [-0.39, 0.29) is 18.4 Å². The quantitative estimate of drug-likeness (QED) is 0.682. The number of methoxy groups -OCH3 is 1. The zero-order valence-electron chi connectivity index (χ0n) is 16.4. The molecule has 0 fully saturated rings. The Hall–Kier alpha value is -2.66. The van der Waals surface area contributed by atoms with Crippen LogP contribution in [0.15, 0.2) is 54.6 Å². The maximum Gasteiger partial charge on any atom is 0.253 e. The first-order chi connectivity index (χ1) is 13.0. The van der Waals surface area contributed by atoms with Crippen molar-refractivity contribution >= 4 is 17.5 Å². The third-order valence-corrected chi connectivity index (χ3v) is 4.31. The van der Waals surface area contributed by atoms with Gasteiger partial charge in [0.15, 0.2) is 0 Å². The van der Waals surface area contributed by atoms with Crippen molar-refractivity contribution in [1.29, 1.82) is 0 Å². The molecule has 2 aromatic rings. The average molecular weight is 368 g/mol. The minimum Gasteiger partial charge on any atom is -0.375 e. The van der Waals surface area contributed by atoms with E-state index in [1.807, 2.05) is 68.6 Å².